The molecule has 96 valence electrons. The highest BCUT2D eigenvalue weighted by molar-refractivity contribution is 6.33. The van der Waals surface area contributed by atoms with E-state index in [4.69, 9.17) is 26.8 Å². The molecule has 18 heavy (non-hydrogen) atoms. The Labute approximate surface area is 111 Å². The fraction of sp³-hybridized carbons (Fsp3) is 0.308. The summed E-state index contributed by atoms with van der Waals surface area (Å²) in [5, 5.41) is 1.35. The van der Waals surface area contributed by atoms with Crippen LogP contribution in [0.4, 0.5) is 0 Å². The lowest BCUT2D eigenvalue weighted by molar-refractivity contribution is 0.410. The smallest absolute Gasteiger partial charge is 0.147 e. The first-order chi connectivity index (χ1) is 8.71. The summed E-state index contributed by atoms with van der Waals surface area (Å²) in [4.78, 5) is 4.54. The van der Waals surface area contributed by atoms with Crippen LogP contribution in [0.15, 0.2) is 18.2 Å². The van der Waals surface area contributed by atoms with Gasteiger partial charge >= 0.3 is 0 Å². The molecular formula is C13H15ClN2O2. The van der Waals surface area contributed by atoms with E-state index in [-0.39, 0.29) is 0 Å². The Bertz CT molecular complexity index is 572. The molecule has 2 N–H and O–H groups in total. The van der Waals surface area contributed by atoms with Crippen molar-refractivity contribution in [3.63, 3.8) is 0 Å². The largest absolute Gasteiger partial charge is 0.494 e. The predicted molar refractivity (Wildman–Crippen MR) is 72.6 cm³/mol. The minimum atomic E-state index is 0.509. The molecule has 0 saturated heterocycles. The van der Waals surface area contributed by atoms with E-state index in [2.05, 4.69) is 4.98 Å². The van der Waals surface area contributed by atoms with Crippen molar-refractivity contribution in [2.24, 2.45) is 5.73 Å². The van der Waals surface area contributed by atoms with Crippen molar-refractivity contribution in [3.05, 3.63) is 28.9 Å². The number of rotatable bonds is 4. The van der Waals surface area contributed by atoms with Crippen LogP contribution in [0.3, 0.4) is 0 Å². The van der Waals surface area contributed by atoms with Crippen LogP contribution in [0.5, 0.6) is 11.5 Å². The summed E-state index contributed by atoms with van der Waals surface area (Å²) in [5.41, 5.74) is 7.20. The number of methoxy groups -OCH3 is 2. The number of halogens is 1. The second kappa shape index (κ2) is 5.42. The SMILES string of the molecule is COc1c(Cl)cc(OC)c2nc(CCN)ccc12. The molecule has 0 aliphatic rings. The van der Waals surface area contributed by atoms with Gasteiger partial charge in [-0.2, -0.15) is 0 Å². The number of ether oxygens (including phenoxy) is 2. The van der Waals surface area contributed by atoms with Crippen LogP contribution < -0.4 is 15.2 Å². The third-order valence-electron chi connectivity index (χ3n) is 2.73. The second-order valence-corrected chi connectivity index (χ2v) is 4.24. The number of nitrogens with zero attached hydrogens (tertiary/aromatic N) is 1. The van der Waals surface area contributed by atoms with Crippen molar-refractivity contribution in [3.8, 4) is 11.5 Å². The van der Waals surface area contributed by atoms with E-state index in [1.165, 1.54) is 0 Å². The van der Waals surface area contributed by atoms with Gasteiger partial charge in [0.2, 0.25) is 0 Å². The van der Waals surface area contributed by atoms with Gasteiger partial charge < -0.3 is 15.2 Å². The van der Waals surface area contributed by atoms with Crippen LogP contribution in [0.25, 0.3) is 10.9 Å². The Morgan fingerprint density at radius 3 is 2.67 bits per heavy atom. The molecular weight excluding hydrogens is 252 g/mol. The highest BCUT2D eigenvalue weighted by Gasteiger charge is 2.13. The summed E-state index contributed by atoms with van der Waals surface area (Å²) < 4.78 is 10.6. The average Bonchev–Trinajstić information content (AvgIpc) is 2.38. The van der Waals surface area contributed by atoms with E-state index in [0.29, 0.717) is 23.1 Å². The van der Waals surface area contributed by atoms with Crippen LogP contribution in [0, 0.1) is 0 Å². The fourth-order valence-corrected chi connectivity index (χ4v) is 2.18. The van der Waals surface area contributed by atoms with Gasteiger partial charge in [-0.05, 0) is 18.7 Å². The molecule has 0 atom stereocenters. The summed E-state index contributed by atoms with van der Waals surface area (Å²) in [6, 6.07) is 5.57. The summed E-state index contributed by atoms with van der Waals surface area (Å²) in [7, 11) is 3.18. The summed E-state index contributed by atoms with van der Waals surface area (Å²) in [6.45, 7) is 0.561. The highest BCUT2D eigenvalue weighted by atomic mass is 35.5. The lowest BCUT2D eigenvalue weighted by Crippen LogP contribution is -2.04. The molecule has 0 aliphatic carbocycles. The Balaban J connectivity index is 2.71. The Hall–Kier alpha value is -1.52. The zero-order chi connectivity index (χ0) is 13.1. The third kappa shape index (κ3) is 2.21. The van der Waals surface area contributed by atoms with Crippen LogP contribution in [-0.2, 0) is 6.42 Å². The number of fused-ring (bicyclic) bond motifs is 1. The normalized spacial score (nSPS) is 10.7. The number of hydrogen-bond acceptors (Lipinski definition) is 4. The zero-order valence-corrected chi connectivity index (χ0v) is 11.1. The number of hydrogen-bond donors (Lipinski definition) is 1. The monoisotopic (exact) mass is 266 g/mol. The van der Waals surface area contributed by atoms with Gasteiger partial charge in [-0.1, -0.05) is 11.6 Å². The van der Waals surface area contributed by atoms with Crippen molar-refractivity contribution in [1.82, 2.24) is 4.98 Å². The van der Waals surface area contributed by atoms with E-state index in [1.807, 2.05) is 12.1 Å². The summed E-state index contributed by atoms with van der Waals surface area (Å²) in [5.74, 6) is 1.24. The van der Waals surface area contributed by atoms with E-state index in [9.17, 15) is 0 Å². The molecule has 4 nitrogen and oxygen atoms in total. The van der Waals surface area contributed by atoms with Crippen LogP contribution in [-0.4, -0.2) is 25.7 Å². The molecule has 1 heterocycles. The van der Waals surface area contributed by atoms with Gasteiger partial charge in [-0.25, -0.2) is 4.98 Å². The van der Waals surface area contributed by atoms with Crippen molar-refractivity contribution >= 4 is 22.5 Å². The molecule has 5 heteroatoms. The van der Waals surface area contributed by atoms with Crippen LogP contribution in [0.1, 0.15) is 5.69 Å². The minimum Gasteiger partial charge on any atom is -0.494 e. The van der Waals surface area contributed by atoms with Gasteiger partial charge in [0.05, 0.1) is 19.2 Å². The van der Waals surface area contributed by atoms with Gasteiger partial charge in [0.1, 0.15) is 17.0 Å². The number of pyridine rings is 1. The molecule has 0 spiro atoms. The molecule has 0 aliphatic heterocycles. The molecule has 2 aromatic rings. The molecule has 1 aromatic heterocycles. The third-order valence-corrected chi connectivity index (χ3v) is 3.01. The average molecular weight is 267 g/mol. The van der Waals surface area contributed by atoms with Gasteiger partial charge in [0.25, 0.3) is 0 Å². The van der Waals surface area contributed by atoms with Gasteiger partial charge in [-0.3, -0.25) is 0 Å². The van der Waals surface area contributed by atoms with E-state index in [0.717, 1.165) is 23.0 Å². The molecule has 0 saturated carbocycles. The van der Waals surface area contributed by atoms with Crippen LogP contribution >= 0.6 is 11.6 Å². The first-order valence-corrected chi connectivity index (χ1v) is 5.99. The molecule has 0 amide bonds. The van der Waals surface area contributed by atoms with Gasteiger partial charge in [0, 0.05) is 23.6 Å². The number of benzene rings is 1. The van der Waals surface area contributed by atoms with Crippen molar-refractivity contribution in [1.29, 1.82) is 0 Å². The summed E-state index contributed by atoms with van der Waals surface area (Å²) in [6.07, 6.45) is 0.726. The minimum absolute atomic E-state index is 0.509. The van der Waals surface area contributed by atoms with E-state index in [1.54, 1.807) is 20.3 Å². The van der Waals surface area contributed by atoms with Crippen LogP contribution in [0.2, 0.25) is 5.02 Å². The quantitative estimate of drug-likeness (QED) is 0.923. The predicted octanol–water partition coefficient (Wildman–Crippen LogP) is 2.41. The topological polar surface area (TPSA) is 57.4 Å². The molecule has 2 rings (SSSR count). The maximum atomic E-state index is 6.14. The first kappa shape index (κ1) is 12.9. The fourth-order valence-electron chi connectivity index (χ4n) is 1.90. The standard InChI is InChI=1S/C13H15ClN2O2/c1-17-11-7-10(14)13(18-2)9-4-3-8(5-6-15)16-12(9)11/h3-4,7H,5-6,15H2,1-2H3. The maximum absolute atomic E-state index is 6.14. The van der Waals surface area contributed by atoms with Crippen molar-refractivity contribution < 1.29 is 9.47 Å². The Kier molecular flexibility index (Phi) is 3.89. The number of nitrogens with two attached hydrogens (primary N) is 1. The second-order valence-electron chi connectivity index (χ2n) is 3.83. The van der Waals surface area contributed by atoms with Gasteiger partial charge in [-0.15, -0.1) is 0 Å². The Morgan fingerprint density at radius 2 is 2.06 bits per heavy atom. The molecule has 1 aromatic carbocycles. The van der Waals surface area contributed by atoms with Gasteiger partial charge in [0.15, 0.2) is 0 Å². The van der Waals surface area contributed by atoms with E-state index < -0.39 is 0 Å². The molecule has 0 bridgehead atoms. The Morgan fingerprint density at radius 1 is 1.28 bits per heavy atom. The first-order valence-electron chi connectivity index (χ1n) is 5.61. The maximum Gasteiger partial charge on any atom is 0.147 e. The zero-order valence-electron chi connectivity index (χ0n) is 10.4. The number of aromatic nitrogens is 1. The molecule has 0 radical (unpaired) electrons. The molecule has 0 fully saturated rings. The lowest BCUT2D eigenvalue weighted by Gasteiger charge is -2.12. The molecule has 0 unspecified atom stereocenters. The van der Waals surface area contributed by atoms with Crippen molar-refractivity contribution in [2.45, 2.75) is 6.42 Å². The lowest BCUT2D eigenvalue weighted by atomic mass is 10.1. The summed E-state index contributed by atoms with van der Waals surface area (Å²) >= 11 is 6.14. The highest BCUT2D eigenvalue weighted by Crippen LogP contribution is 2.38. The van der Waals surface area contributed by atoms with E-state index >= 15 is 0 Å². The van der Waals surface area contributed by atoms with Crippen molar-refractivity contribution in [2.75, 3.05) is 20.8 Å².